The van der Waals surface area contributed by atoms with Crippen LogP contribution in [0.3, 0.4) is 0 Å². The molecule has 2 rings (SSSR count). The summed E-state index contributed by atoms with van der Waals surface area (Å²) in [6, 6.07) is 3.16. The van der Waals surface area contributed by atoms with E-state index in [2.05, 4.69) is 4.98 Å². The van der Waals surface area contributed by atoms with E-state index in [0.717, 1.165) is 0 Å². The monoisotopic (exact) mass is 253 g/mol. The molecule has 98 valence electrons. The lowest BCUT2D eigenvalue weighted by Gasteiger charge is -2.32. The molecule has 0 aliphatic carbocycles. The Hall–Kier alpha value is -1.14. The van der Waals surface area contributed by atoms with E-state index in [-0.39, 0.29) is 11.3 Å². The fourth-order valence-corrected chi connectivity index (χ4v) is 1.69. The normalized spacial score (nSPS) is 21.1. The second kappa shape index (κ2) is 4.21. The third-order valence-electron chi connectivity index (χ3n) is 3.57. The van der Waals surface area contributed by atoms with Crippen LogP contribution in [-0.4, -0.2) is 30.4 Å². The molecule has 1 aromatic heterocycles. The highest BCUT2D eigenvalue weighted by molar-refractivity contribution is 6.62. The van der Waals surface area contributed by atoms with Gasteiger partial charge in [0, 0.05) is 11.5 Å². The lowest BCUT2D eigenvalue weighted by Crippen LogP contribution is -2.41. The lowest BCUT2D eigenvalue weighted by molar-refractivity contribution is 0.00578. The molecule has 1 aliphatic rings. The number of aromatic nitrogens is 1. The largest absolute Gasteiger partial charge is 0.499 e. The van der Waals surface area contributed by atoms with E-state index in [1.807, 2.05) is 27.7 Å². The summed E-state index contributed by atoms with van der Waals surface area (Å²) in [5, 5.41) is 0. The molecule has 0 unspecified atom stereocenters. The van der Waals surface area contributed by atoms with Crippen LogP contribution in [0, 0.1) is 5.95 Å². The number of halogens is 1. The smallest absolute Gasteiger partial charge is 0.481 e. The zero-order chi connectivity index (χ0) is 13.6. The van der Waals surface area contributed by atoms with Gasteiger partial charge in [-0.3, -0.25) is 0 Å². The summed E-state index contributed by atoms with van der Waals surface area (Å²) in [7, 11) is 0.698. The first-order valence-corrected chi connectivity index (χ1v) is 5.83. The summed E-state index contributed by atoms with van der Waals surface area (Å²) in [6.07, 6.45) is 0. The van der Waals surface area contributed by atoms with Crippen molar-refractivity contribution >= 4 is 12.6 Å². The van der Waals surface area contributed by atoms with E-state index >= 15 is 0 Å². The van der Waals surface area contributed by atoms with Gasteiger partial charge >= 0.3 is 7.12 Å². The molecule has 1 fully saturated rings. The van der Waals surface area contributed by atoms with E-state index in [0.29, 0.717) is 0 Å². The molecule has 2 heterocycles. The second-order valence-corrected chi connectivity index (χ2v) is 5.32. The number of rotatable bonds is 2. The van der Waals surface area contributed by atoms with Crippen molar-refractivity contribution in [3.05, 3.63) is 18.1 Å². The number of pyridine rings is 1. The summed E-state index contributed by atoms with van der Waals surface area (Å²) >= 11 is 0. The summed E-state index contributed by atoms with van der Waals surface area (Å²) in [5.41, 5.74) is -0.705. The summed E-state index contributed by atoms with van der Waals surface area (Å²) < 4.78 is 30.2. The van der Waals surface area contributed by atoms with Gasteiger partial charge in [-0.1, -0.05) is 6.07 Å². The van der Waals surface area contributed by atoms with Crippen molar-refractivity contribution in [1.82, 2.24) is 4.98 Å². The van der Waals surface area contributed by atoms with Crippen LogP contribution in [0.2, 0.25) is 0 Å². The number of methoxy groups -OCH3 is 1. The molecule has 0 amide bonds. The van der Waals surface area contributed by atoms with E-state index in [1.165, 1.54) is 7.11 Å². The first-order chi connectivity index (χ1) is 8.27. The zero-order valence-electron chi connectivity index (χ0n) is 11.3. The Kier molecular flexibility index (Phi) is 3.11. The van der Waals surface area contributed by atoms with Crippen molar-refractivity contribution in [1.29, 1.82) is 0 Å². The van der Waals surface area contributed by atoms with Crippen LogP contribution < -0.4 is 10.2 Å². The highest BCUT2D eigenvalue weighted by atomic mass is 19.1. The molecule has 0 aromatic carbocycles. The molecular formula is C12H17BFNO3. The van der Waals surface area contributed by atoms with Crippen molar-refractivity contribution in [2.75, 3.05) is 7.11 Å². The molecular weight excluding hydrogens is 236 g/mol. The van der Waals surface area contributed by atoms with Crippen LogP contribution in [-0.2, 0) is 9.31 Å². The Morgan fingerprint density at radius 2 is 1.72 bits per heavy atom. The van der Waals surface area contributed by atoms with E-state index in [1.54, 1.807) is 12.1 Å². The van der Waals surface area contributed by atoms with Crippen LogP contribution >= 0.6 is 0 Å². The fraction of sp³-hybridized carbons (Fsp3) is 0.583. The maximum Gasteiger partial charge on any atom is 0.499 e. The molecule has 0 radical (unpaired) electrons. The molecule has 0 atom stereocenters. The summed E-state index contributed by atoms with van der Waals surface area (Å²) in [6.45, 7) is 7.67. The number of nitrogens with zero attached hydrogens (tertiary/aromatic N) is 1. The quantitative estimate of drug-likeness (QED) is 0.592. The average molecular weight is 253 g/mol. The van der Waals surface area contributed by atoms with Crippen LogP contribution in [0.15, 0.2) is 12.1 Å². The van der Waals surface area contributed by atoms with E-state index < -0.39 is 24.3 Å². The van der Waals surface area contributed by atoms with Crippen molar-refractivity contribution in [3.8, 4) is 5.88 Å². The van der Waals surface area contributed by atoms with Crippen LogP contribution in [0.4, 0.5) is 4.39 Å². The molecule has 4 nitrogen and oxygen atoms in total. The first-order valence-electron chi connectivity index (χ1n) is 5.83. The van der Waals surface area contributed by atoms with Crippen molar-refractivity contribution < 1.29 is 18.4 Å². The van der Waals surface area contributed by atoms with E-state index in [4.69, 9.17) is 14.0 Å². The predicted molar refractivity (Wildman–Crippen MR) is 66.5 cm³/mol. The van der Waals surface area contributed by atoms with Gasteiger partial charge in [-0.2, -0.15) is 9.37 Å². The third kappa shape index (κ3) is 2.10. The van der Waals surface area contributed by atoms with Crippen molar-refractivity contribution in [2.45, 2.75) is 38.9 Å². The standard InChI is InChI=1S/C12H17BFNO3/c1-11(2)12(3,4)18-13(17-11)8-6-7-9(16-5)15-10(8)14/h6-7H,1-5H3. The Bertz CT molecular complexity index is 449. The van der Waals surface area contributed by atoms with Gasteiger partial charge in [0.15, 0.2) is 0 Å². The SMILES string of the molecule is COc1ccc(B2OC(C)(C)C(C)(C)O2)c(F)n1. The van der Waals surface area contributed by atoms with Gasteiger partial charge in [0.25, 0.3) is 0 Å². The summed E-state index contributed by atoms with van der Waals surface area (Å²) in [5.74, 6) is -0.402. The van der Waals surface area contributed by atoms with Crippen LogP contribution in [0.5, 0.6) is 5.88 Å². The maximum atomic E-state index is 13.8. The molecule has 0 N–H and O–H groups in total. The van der Waals surface area contributed by atoms with Gasteiger partial charge in [0.05, 0.1) is 18.3 Å². The molecule has 1 aromatic rings. The number of hydrogen-bond acceptors (Lipinski definition) is 4. The number of ether oxygens (including phenoxy) is 1. The van der Waals surface area contributed by atoms with Crippen LogP contribution in [0.25, 0.3) is 0 Å². The predicted octanol–water partition coefficient (Wildman–Crippen LogP) is 1.53. The van der Waals surface area contributed by atoms with Crippen molar-refractivity contribution in [2.24, 2.45) is 0 Å². The molecule has 6 heteroatoms. The topological polar surface area (TPSA) is 40.6 Å². The zero-order valence-corrected chi connectivity index (χ0v) is 11.3. The van der Waals surface area contributed by atoms with Gasteiger partial charge in [-0.15, -0.1) is 0 Å². The van der Waals surface area contributed by atoms with E-state index in [9.17, 15) is 4.39 Å². The molecule has 18 heavy (non-hydrogen) atoms. The van der Waals surface area contributed by atoms with Crippen LogP contribution in [0.1, 0.15) is 27.7 Å². The molecule has 0 bridgehead atoms. The first kappa shape index (κ1) is 13.3. The number of hydrogen-bond donors (Lipinski definition) is 0. The Balaban J connectivity index is 2.30. The molecule has 0 saturated carbocycles. The van der Waals surface area contributed by atoms with Gasteiger partial charge in [0.2, 0.25) is 11.8 Å². The molecule has 1 saturated heterocycles. The van der Waals surface area contributed by atoms with Gasteiger partial charge in [0.1, 0.15) is 0 Å². The highest BCUT2D eigenvalue weighted by Crippen LogP contribution is 2.36. The summed E-state index contributed by atoms with van der Waals surface area (Å²) in [4.78, 5) is 3.68. The molecule has 0 spiro atoms. The molecule has 1 aliphatic heterocycles. The lowest BCUT2D eigenvalue weighted by atomic mass is 9.80. The maximum absolute atomic E-state index is 13.8. The minimum Gasteiger partial charge on any atom is -0.481 e. The highest BCUT2D eigenvalue weighted by Gasteiger charge is 2.52. The van der Waals surface area contributed by atoms with Gasteiger partial charge < -0.3 is 14.0 Å². The minimum absolute atomic E-state index is 0.229. The Morgan fingerprint density at radius 3 is 2.17 bits per heavy atom. The Morgan fingerprint density at radius 1 is 1.17 bits per heavy atom. The minimum atomic E-state index is -0.742. The third-order valence-corrected chi connectivity index (χ3v) is 3.57. The van der Waals surface area contributed by atoms with Gasteiger partial charge in [-0.25, -0.2) is 0 Å². The van der Waals surface area contributed by atoms with Crippen molar-refractivity contribution in [3.63, 3.8) is 0 Å². The fourth-order valence-electron chi connectivity index (χ4n) is 1.69. The van der Waals surface area contributed by atoms with Gasteiger partial charge in [-0.05, 0) is 27.7 Å². The average Bonchev–Trinajstić information content (AvgIpc) is 2.47. The Labute approximate surface area is 107 Å². The second-order valence-electron chi connectivity index (χ2n) is 5.32.